The Balaban J connectivity index is 1.68. The van der Waals surface area contributed by atoms with Gasteiger partial charge in [0, 0.05) is 6.54 Å². The predicted octanol–water partition coefficient (Wildman–Crippen LogP) is 2.93. The van der Waals surface area contributed by atoms with Crippen molar-refractivity contribution in [3.63, 3.8) is 0 Å². The van der Waals surface area contributed by atoms with Gasteiger partial charge in [-0.3, -0.25) is 0 Å². The minimum atomic E-state index is -3.61. The second kappa shape index (κ2) is 5.78. The van der Waals surface area contributed by atoms with Crippen molar-refractivity contribution in [1.29, 1.82) is 0 Å². The lowest BCUT2D eigenvalue weighted by Gasteiger charge is -2.16. The van der Waals surface area contributed by atoms with Crippen LogP contribution in [0.25, 0.3) is 0 Å². The molecule has 23 heavy (non-hydrogen) atoms. The number of carbonyl (C=O) groups excluding carboxylic acids is 1. The zero-order chi connectivity index (χ0) is 16.7. The second-order valence-corrected chi connectivity index (χ2v) is 8.73. The fraction of sp³-hybridized carbons (Fsp3) is 0.562. The standard InChI is InChI=1S/C16H21FN2O3S/c1-2-23(21,22)14-9-12(17)5-6-13(14)19-15(20)18-10-16(7-8-16)11-3-4-11/h5-6,9,11H,2-4,7-8,10H2,1H3,(H2,18,19,20). The van der Waals surface area contributed by atoms with Crippen molar-refractivity contribution < 1.29 is 17.6 Å². The van der Waals surface area contributed by atoms with E-state index < -0.39 is 21.7 Å². The van der Waals surface area contributed by atoms with Crippen LogP contribution in [0.5, 0.6) is 0 Å². The Morgan fingerprint density at radius 3 is 2.61 bits per heavy atom. The summed E-state index contributed by atoms with van der Waals surface area (Å²) in [5, 5.41) is 5.37. The molecule has 1 aromatic rings. The number of hydrogen-bond donors (Lipinski definition) is 2. The first-order valence-electron chi connectivity index (χ1n) is 7.93. The largest absolute Gasteiger partial charge is 0.337 e. The van der Waals surface area contributed by atoms with Gasteiger partial charge in [-0.05, 0) is 55.2 Å². The van der Waals surface area contributed by atoms with Crippen LogP contribution in [0.2, 0.25) is 0 Å². The number of urea groups is 1. The monoisotopic (exact) mass is 340 g/mol. The Bertz CT molecular complexity index is 725. The van der Waals surface area contributed by atoms with E-state index in [2.05, 4.69) is 10.6 Å². The van der Waals surface area contributed by atoms with Crippen molar-refractivity contribution in [1.82, 2.24) is 5.32 Å². The zero-order valence-electron chi connectivity index (χ0n) is 13.1. The minimum absolute atomic E-state index is 0.113. The van der Waals surface area contributed by atoms with Crippen LogP contribution in [0.3, 0.4) is 0 Å². The van der Waals surface area contributed by atoms with Gasteiger partial charge in [-0.2, -0.15) is 0 Å². The molecular weight excluding hydrogens is 319 g/mol. The van der Waals surface area contributed by atoms with E-state index in [0.29, 0.717) is 6.54 Å². The van der Waals surface area contributed by atoms with E-state index in [-0.39, 0.29) is 21.8 Å². The number of carbonyl (C=O) groups is 1. The maximum absolute atomic E-state index is 13.4. The minimum Gasteiger partial charge on any atom is -0.337 e. The van der Waals surface area contributed by atoms with E-state index in [1.165, 1.54) is 25.8 Å². The third-order valence-electron chi connectivity index (χ3n) is 4.84. The average Bonchev–Trinajstić information content (AvgIpc) is 3.38. The Hall–Kier alpha value is -1.63. The summed E-state index contributed by atoms with van der Waals surface area (Å²) < 4.78 is 37.5. The SMILES string of the molecule is CCS(=O)(=O)c1cc(F)ccc1NC(=O)NCC1(C2CC2)CC1. The molecule has 2 saturated carbocycles. The average molecular weight is 340 g/mol. The normalized spacial score (nSPS) is 19.2. The highest BCUT2D eigenvalue weighted by Gasteiger charge is 2.53. The molecule has 0 heterocycles. The molecule has 0 atom stereocenters. The van der Waals surface area contributed by atoms with Crippen molar-refractivity contribution in [3.05, 3.63) is 24.0 Å². The van der Waals surface area contributed by atoms with E-state index in [1.54, 1.807) is 0 Å². The van der Waals surface area contributed by atoms with Crippen LogP contribution < -0.4 is 10.6 Å². The molecule has 2 N–H and O–H groups in total. The summed E-state index contributed by atoms with van der Waals surface area (Å²) in [7, 11) is -3.61. The van der Waals surface area contributed by atoms with Gasteiger partial charge in [-0.25, -0.2) is 17.6 Å². The molecule has 0 spiro atoms. The van der Waals surface area contributed by atoms with Crippen LogP contribution in [0, 0.1) is 17.2 Å². The number of benzene rings is 1. The lowest BCUT2D eigenvalue weighted by atomic mass is 10.0. The van der Waals surface area contributed by atoms with Gasteiger partial charge < -0.3 is 10.6 Å². The predicted molar refractivity (Wildman–Crippen MR) is 85.5 cm³/mol. The molecule has 0 radical (unpaired) electrons. The Morgan fingerprint density at radius 1 is 1.35 bits per heavy atom. The molecule has 7 heteroatoms. The summed E-state index contributed by atoms with van der Waals surface area (Å²) >= 11 is 0. The van der Waals surface area contributed by atoms with Gasteiger partial charge >= 0.3 is 6.03 Å². The van der Waals surface area contributed by atoms with Gasteiger partial charge in [-0.1, -0.05) is 6.92 Å². The van der Waals surface area contributed by atoms with Crippen molar-refractivity contribution in [3.8, 4) is 0 Å². The van der Waals surface area contributed by atoms with E-state index in [1.807, 2.05) is 0 Å². The van der Waals surface area contributed by atoms with Crippen LogP contribution in [-0.4, -0.2) is 26.7 Å². The summed E-state index contributed by atoms with van der Waals surface area (Å²) in [5.74, 6) is -0.0735. The van der Waals surface area contributed by atoms with E-state index >= 15 is 0 Å². The Kier molecular flexibility index (Phi) is 4.08. The molecule has 2 amide bonds. The smallest absolute Gasteiger partial charge is 0.319 e. The zero-order valence-corrected chi connectivity index (χ0v) is 13.9. The molecule has 0 saturated heterocycles. The number of nitrogens with one attached hydrogen (secondary N) is 2. The molecule has 0 aromatic heterocycles. The highest BCUT2D eigenvalue weighted by Crippen LogP contribution is 2.60. The molecule has 3 rings (SSSR count). The first-order valence-corrected chi connectivity index (χ1v) is 9.59. The first kappa shape index (κ1) is 16.2. The third-order valence-corrected chi connectivity index (χ3v) is 6.61. The summed E-state index contributed by atoms with van der Waals surface area (Å²) in [6.45, 7) is 2.09. The van der Waals surface area contributed by atoms with Gasteiger partial charge in [0.2, 0.25) is 0 Å². The van der Waals surface area contributed by atoms with Crippen molar-refractivity contribution in [2.24, 2.45) is 11.3 Å². The number of sulfone groups is 1. The van der Waals surface area contributed by atoms with Gasteiger partial charge in [0.15, 0.2) is 9.84 Å². The van der Waals surface area contributed by atoms with Gasteiger partial charge in [-0.15, -0.1) is 0 Å². The van der Waals surface area contributed by atoms with Crippen LogP contribution in [0.4, 0.5) is 14.9 Å². The molecule has 0 unspecified atom stereocenters. The van der Waals surface area contributed by atoms with Crippen molar-refractivity contribution in [2.45, 2.75) is 37.5 Å². The Morgan fingerprint density at radius 2 is 2.04 bits per heavy atom. The van der Waals surface area contributed by atoms with E-state index in [0.717, 1.165) is 30.9 Å². The maximum Gasteiger partial charge on any atom is 0.319 e. The van der Waals surface area contributed by atoms with Crippen molar-refractivity contribution >= 4 is 21.6 Å². The molecular formula is C16H21FN2O3S. The molecule has 2 aliphatic rings. The fourth-order valence-corrected chi connectivity index (χ4v) is 4.08. The summed E-state index contributed by atoms with van der Waals surface area (Å²) in [6.07, 6.45) is 4.76. The first-order chi connectivity index (χ1) is 10.9. The molecule has 2 aliphatic carbocycles. The third kappa shape index (κ3) is 3.49. The summed E-state index contributed by atoms with van der Waals surface area (Å²) in [5.41, 5.74) is 0.375. The van der Waals surface area contributed by atoms with Crippen molar-refractivity contribution in [2.75, 3.05) is 17.6 Å². The van der Waals surface area contributed by atoms with Gasteiger partial charge in [0.25, 0.3) is 0 Å². The summed E-state index contributed by atoms with van der Waals surface area (Å²) in [4.78, 5) is 11.9. The quantitative estimate of drug-likeness (QED) is 0.836. The van der Waals surface area contributed by atoms with Crippen LogP contribution in [-0.2, 0) is 9.84 Å². The molecule has 0 bridgehead atoms. The highest BCUT2D eigenvalue weighted by molar-refractivity contribution is 7.91. The highest BCUT2D eigenvalue weighted by atomic mass is 32.2. The maximum atomic E-state index is 13.4. The number of halogens is 1. The van der Waals surface area contributed by atoms with Crippen LogP contribution >= 0.6 is 0 Å². The number of hydrogen-bond acceptors (Lipinski definition) is 3. The van der Waals surface area contributed by atoms with E-state index in [4.69, 9.17) is 0 Å². The molecule has 1 aromatic carbocycles. The van der Waals surface area contributed by atoms with Crippen LogP contribution in [0.15, 0.2) is 23.1 Å². The number of amides is 2. The molecule has 0 aliphatic heterocycles. The second-order valence-electron chi connectivity index (χ2n) is 6.49. The number of anilines is 1. The van der Waals surface area contributed by atoms with E-state index in [9.17, 15) is 17.6 Å². The molecule has 126 valence electrons. The van der Waals surface area contributed by atoms with Gasteiger partial charge in [0.05, 0.1) is 16.3 Å². The lowest BCUT2D eigenvalue weighted by molar-refractivity contribution is 0.248. The number of rotatable bonds is 6. The van der Waals surface area contributed by atoms with Gasteiger partial charge in [0.1, 0.15) is 5.82 Å². The van der Waals surface area contributed by atoms with Crippen LogP contribution in [0.1, 0.15) is 32.6 Å². The summed E-state index contributed by atoms with van der Waals surface area (Å²) in [6, 6.07) is 2.92. The topological polar surface area (TPSA) is 75.3 Å². The Labute approximate surface area is 135 Å². The molecule has 2 fully saturated rings. The lowest BCUT2D eigenvalue weighted by Crippen LogP contribution is -2.35. The molecule has 5 nitrogen and oxygen atoms in total. The fourth-order valence-electron chi connectivity index (χ4n) is 3.02.